The minimum atomic E-state index is -0.492. The summed E-state index contributed by atoms with van der Waals surface area (Å²) in [4.78, 5) is 21.8. The number of ether oxygens (including phenoxy) is 3. The Morgan fingerprint density at radius 1 is 0.849 bits per heavy atom. The van der Waals surface area contributed by atoms with Crippen molar-refractivity contribution < 1.29 is 23.4 Å². The van der Waals surface area contributed by atoms with Crippen molar-refractivity contribution >= 4 is 11.8 Å². The van der Waals surface area contributed by atoms with E-state index >= 15 is 4.39 Å². The minimum absolute atomic E-state index is 0.0979. The molecule has 2 heterocycles. The zero-order valence-electron chi connectivity index (χ0n) is 31.6. The van der Waals surface area contributed by atoms with Crippen molar-refractivity contribution in [1.29, 1.82) is 0 Å². The smallest absolute Gasteiger partial charge is 0.407 e. The number of aromatic nitrogens is 1. The van der Waals surface area contributed by atoms with Crippen LogP contribution >= 0.6 is 0 Å². The highest BCUT2D eigenvalue weighted by Crippen LogP contribution is 2.61. The number of nitrogens with one attached hydrogen (secondary N) is 1. The van der Waals surface area contributed by atoms with Gasteiger partial charge in [0.05, 0.1) is 5.69 Å². The number of amides is 1. The molecule has 1 saturated heterocycles. The monoisotopic (exact) mass is 720 g/mol. The summed E-state index contributed by atoms with van der Waals surface area (Å²) in [5.74, 6) is 0.607. The SMILES string of the molecule is CC1(CNC(=O)OC(C)(C)C)CCC2(CC1)CC2N1CCN(c2ccc(-c3ccc(OCc4ccccc4)nc3OCc3ccccc3)cc2F)CC1. The van der Waals surface area contributed by atoms with Gasteiger partial charge in [-0.3, -0.25) is 4.90 Å². The Bertz CT molecular complexity index is 1850. The van der Waals surface area contributed by atoms with Gasteiger partial charge < -0.3 is 24.4 Å². The Morgan fingerprint density at radius 2 is 1.49 bits per heavy atom. The van der Waals surface area contributed by atoms with Crippen LogP contribution in [0.5, 0.6) is 11.8 Å². The van der Waals surface area contributed by atoms with Gasteiger partial charge in [0, 0.05) is 50.4 Å². The molecule has 2 saturated carbocycles. The molecular weight excluding hydrogens is 668 g/mol. The zero-order chi connectivity index (χ0) is 37.1. The summed E-state index contributed by atoms with van der Waals surface area (Å²) in [6.07, 6.45) is 5.49. The van der Waals surface area contributed by atoms with Crippen LogP contribution < -0.4 is 19.7 Å². The highest BCUT2D eigenvalue weighted by Gasteiger charge is 2.58. The van der Waals surface area contributed by atoms with Crippen LogP contribution in [0.3, 0.4) is 0 Å². The maximum atomic E-state index is 15.9. The molecule has 3 fully saturated rings. The molecule has 0 radical (unpaired) electrons. The summed E-state index contributed by atoms with van der Waals surface area (Å²) in [5, 5.41) is 3.01. The molecule has 9 heteroatoms. The number of hydrogen-bond acceptors (Lipinski definition) is 7. The Labute approximate surface area is 313 Å². The molecule has 3 aliphatic rings. The number of rotatable bonds is 11. The molecule has 1 amide bonds. The van der Waals surface area contributed by atoms with Crippen molar-refractivity contribution in [2.75, 3.05) is 37.6 Å². The molecule has 1 atom stereocenters. The molecule has 1 unspecified atom stereocenters. The number of benzene rings is 3. The largest absolute Gasteiger partial charge is 0.473 e. The van der Waals surface area contributed by atoms with Crippen molar-refractivity contribution in [2.24, 2.45) is 10.8 Å². The third-order valence-corrected chi connectivity index (χ3v) is 11.3. The molecule has 7 rings (SSSR count). The van der Waals surface area contributed by atoms with Gasteiger partial charge in [-0.2, -0.15) is 4.98 Å². The van der Waals surface area contributed by atoms with Gasteiger partial charge in [-0.15, -0.1) is 0 Å². The molecule has 2 aliphatic carbocycles. The molecule has 0 bridgehead atoms. The molecule has 280 valence electrons. The minimum Gasteiger partial charge on any atom is -0.473 e. The second-order valence-electron chi connectivity index (χ2n) is 16.5. The summed E-state index contributed by atoms with van der Waals surface area (Å²) >= 11 is 0. The lowest BCUT2D eigenvalue weighted by atomic mass is 9.70. The number of halogens is 1. The van der Waals surface area contributed by atoms with E-state index in [1.807, 2.05) is 106 Å². The molecule has 1 aromatic heterocycles. The van der Waals surface area contributed by atoms with Gasteiger partial charge in [-0.25, -0.2) is 9.18 Å². The van der Waals surface area contributed by atoms with Crippen LogP contribution in [0.2, 0.25) is 0 Å². The number of carbonyl (C=O) groups excluding carboxylic acids is 1. The molecule has 1 aliphatic heterocycles. The fourth-order valence-electron chi connectivity index (χ4n) is 8.00. The normalized spacial score (nSPS) is 23.0. The standard InChI is InChI=1S/C44H53FN4O4/c1-42(2,3)53-41(50)46-31-43(4)19-21-44(22-20-43)28-38(44)49-25-23-48(24-26-49)37-17-15-34(27-36(37)45)35-16-18-39(51-29-32-11-7-5-8-12-32)47-40(35)52-30-33-13-9-6-10-14-33/h5-18,27,38H,19-26,28-31H2,1-4H3,(H,46,50). The number of nitrogens with zero attached hydrogens (tertiary/aromatic N) is 3. The molecule has 1 spiro atoms. The van der Waals surface area contributed by atoms with Crippen LogP contribution in [-0.2, 0) is 18.0 Å². The van der Waals surface area contributed by atoms with Gasteiger partial charge in [0.1, 0.15) is 24.6 Å². The number of piperazine rings is 1. The topological polar surface area (TPSA) is 76.2 Å². The lowest BCUT2D eigenvalue weighted by Gasteiger charge is -2.41. The molecule has 1 N–H and O–H groups in total. The van der Waals surface area contributed by atoms with Gasteiger partial charge in [-0.05, 0) is 98.6 Å². The lowest BCUT2D eigenvalue weighted by molar-refractivity contribution is 0.0472. The van der Waals surface area contributed by atoms with E-state index in [9.17, 15) is 4.79 Å². The summed E-state index contributed by atoms with van der Waals surface area (Å²) < 4.78 is 33.6. The van der Waals surface area contributed by atoms with Crippen LogP contribution in [0.4, 0.5) is 14.9 Å². The number of carbonyl (C=O) groups is 1. The van der Waals surface area contributed by atoms with Crippen molar-refractivity contribution in [1.82, 2.24) is 15.2 Å². The Kier molecular flexibility index (Phi) is 10.7. The highest BCUT2D eigenvalue weighted by molar-refractivity contribution is 5.71. The molecule has 53 heavy (non-hydrogen) atoms. The first-order valence-electron chi connectivity index (χ1n) is 19.1. The summed E-state index contributed by atoms with van der Waals surface area (Å²) in [6.45, 7) is 12.8. The first-order valence-corrected chi connectivity index (χ1v) is 19.1. The van der Waals surface area contributed by atoms with Crippen molar-refractivity contribution in [3.8, 4) is 22.9 Å². The number of anilines is 1. The lowest BCUT2D eigenvalue weighted by Crippen LogP contribution is -2.49. The predicted molar refractivity (Wildman–Crippen MR) is 207 cm³/mol. The first-order chi connectivity index (χ1) is 25.5. The molecule has 8 nitrogen and oxygen atoms in total. The van der Waals surface area contributed by atoms with E-state index in [0.29, 0.717) is 59.8 Å². The van der Waals surface area contributed by atoms with Crippen molar-refractivity contribution in [2.45, 2.75) is 84.7 Å². The summed E-state index contributed by atoms with van der Waals surface area (Å²) in [7, 11) is 0. The average molecular weight is 721 g/mol. The Balaban J connectivity index is 0.954. The van der Waals surface area contributed by atoms with Gasteiger partial charge in [0.25, 0.3) is 0 Å². The second-order valence-corrected chi connectivity index (χ2v) is 16.5. The van der Waals surface area contributed by atoms with Crippen LogP contribution in [0.25, 0.3) is 11.1 Å². The van der Waals surface area contributed by atoms with E-state index < -0.39 is 5.60 Å². The van der Waals surface area contributed by atoms with E-state index in [2.05, 4.69) is 22.0 Å². The third-order valence-electron chi connectivity index (χ3n) is 11.3. The van der Waals surface area contributed by atoms with Crippen molar-refractivity contribution in [3.05, 3.63) is 108 Å². The van der Waals surface area contributed by atoms with Gasteiger partial charge in [-0.1, -0.05) is 73.7 Å². The van der Waals surface area contributed by atoms with E-state index in [0.717, 1.165) is 50.1 Å². The van der Waals surface area contributed by atoms with E-state index in [-0.39, 0.29) is 17.3 Å². The quantitative estimate of drug-likeness (QED) is 0.166. The Morgan fingerprint density at radius 3 is 2.11 bits per heavy atom. The average Bonchev–Trinajstić information content (AvgIpc) is 3.87. The van der Waals surface area contributed by atoms with E-state index in [1.165, 1.54) is 19.3 Å². The van der Waals surface area contributed by atoms with Gasteiger partial charge >= 0.3 is 6.09 Å². The maximum Gasteiger partial charge on any atom is 0.407 e. The van der Waals surface area contributed by atoms with Crippen LogP contribution in [-0.4, -0.2) is 60.3 Å². The van der Waals surface area contributed by atoms with Crippen LogP contribution in [0.15, 0.2) is 91.0 Å². The molecule has 3 aromatic carbocycles. The molecular formula is C44H53FN4O4. The first kappa shape index (κ1) is 36.7. The third kappa shape index (κ3) is 9.13. The van der Waals surface area contributed by atoms with Gasteiger partial charge in [0.2, 0.25) is 11.8 Å². The zero-order valence-corrected chi connectivity index (χ0v) is 31.6. The second kappa shape index (κ2) is 15.4. The number of hydrogen-bond donors (Lipinski definition) is 1. The Hall–Kier alpha value is -4.63. The molecule has 4 aromatic rings. The highest BCUT2D eigenvalue weighted by atomic mass is 19.1. The number of pyridine rings is 1. The predicted octanol–water partition coefficient (Wildman–Crippen LogP) is 9.03. The van der Waals surface area contributed by atoms with Crippen molar-refractivity contribution in [3.63, 3.8) is 0 Å². The fourth-order valence-corrected chi connectivity index (χ4v) is 8.00. The summed E-state index contributed by atoms with van der Waals surface area (Å²) in [5.41, 5.74) is 4.11. The summed E-state index contributed by atoms with van der Waals surface area (Å²) in [6, 6.07) is 29.7. The van der Waals surface area contributed by atoms with Gasteiger partial charge in [0.15, 0.2) is 0 Å². The van der Waals surface area contributed by atoms with E-state index in [4.69, 9.17) is 19.2 Å². The van der Waals surface area contributed by atoms with Crippen LogP contribution in [0, 0.1) is 16.6 Å². The maximum absolute atomic E-state index is 15.9. The van der Waals surface area contributed by atoms with E-state index in [1.54, 1.807) is 6.07 Å². The fraction of sp³-hybridized carbons (Fsp3) is 0.455. The van der Waals surface area contributed by atoms with Crippen LogP contribution in [0.1, 0.15) is 70.9 Å². The number of alkyl carbamates (subject to hydrolysis) is 1.